The fraction of sp³-hybridized carbons (Fsp3) is 0.357. The number of hydrogen-bond acceptors (Lipinski definition) is 4. The van der Waals surface area contributed by atoms with E-state index in [0.29, 0.717) is 12.4 Å². The van der Waals surface area contributed by atoms with Crippen molar-refractivity contribution in [1.29, 1.82) is 0 Å². The van der Waals surface area contributed by atoms with E-state index >= 15 is 0 Å². The van der Waals surface area contributed by atoms with Crippen molar-refractivity contribution >= 4 is 22.8 Å². The number of fused-ring (bicyclic) bond motifs is 1. The maximum absolute atomic E-state index is 11.3. The summed E-state index contributed by atoms with van der Waals surface area (Å²) in [6.07, 6.45) is 4.10. The van der Waals surface area contributed by atoms with Gasteiger partial charge in [0.15, 0.2) is 0 Å². The number of carboxylic acids is 1. The van der Waals surface area contributed by atoms with E-state index in [1.54, 1.807) is 6.20 Å². The summed E-state index contributed by atoms with van der Waals surface area (Å²) in [7, 11) is 0. The predicted octanol–water partition coefficient (Wildman–Crippen LogP) is 2.30. The quantitative estimate of drug-likeness (QED) is 0.879. The zero-order valence-electron chi connectivity index (χ0n) is 10.5. The number of carboxylic acid groups (broad SMARTS) is 1. The molecular weight excluding hydrogens is 242 g/mol. The Hall–Kier alpha value is -2.17. The smallest absolute Gasteiger partial charge is 0.311 e. The van der Waals surface area contributed by atoms with Crippen molar-refractivity contribution in [2.45, 2.75) is 19.3 Å². The number of benzene rings is 1. The molecule has 1 aromatic heterocycles. The largest absolute Gasteiger partial charge is 0.481 e. The van der Waals surface area contributed by atoms with Gasteiger partial charge in [0.2, 0.25) is 0 Å². The molecule has 3 rings (SSSR count). The first-order chi connectivity index (χ1) is 9.20. The first kappa shape index (κ1) is 11.9. The van der Waals surface area contributed by atoms with Gasteiger partial charge in [0, 0.05) is 6.54 Å². The molecule has 0 atom stereocenters. The summed E-state index contributed by atoms with van der Waals surface area (Å²) in [5.74, 6) is -0.0915. The third-order valence-electron chi connectivity index (χ3n) is 3.82. The lowest BCUT2D eigenvalue weighted by molar-refractivity contribution is -0.153. The van der Waals surface area contributed by atoms with Crippen LogP contribution in [-0.4, -0.2) is 27.6 Å². The number of para-hydroxylation sites is 2. The number of hydrogen-bond donors (Lipinski definition) is 2. The zero-order chi connectivity index (χ0) is 13.3. The van der Waals surface area contributed by atoms with Crippen LogP contribution in [-0.2, 0) is 4.79 Å². The number of aromatic nitrogens is 2. The van der Waals surface area contributed by atoms with Crippen LogP contribution in [0.2, 0.25) is 0 Å². The van der Waals surface area contributed by atoms with Crippen LogP contribution in [0.5, 0.6) is 0 Å². The van der Waals surface area contributed by atoms with Crippen LogP contribution in [0, 0.1) is 5.41 Å². The Morgan fingerprint density at radius 1 is 1.32 bits per heavy atom. The maximum Gasteiger partial charge on any atom is 0.311 e. The van der Waals surface area contributed by atoms with Crippen molar-refractivity contribution in [3.63, 3.8) is 0 Å². The lowest BCUT2D eigenvalue weighted by atomic mass is 9.69. The molecule has 19 heavy (non-hydrogen) atoms. The van der Waals surface area contributed by atoms with Gasteiger partial charge in [0.25, 0.3) is 0 Å². The number of nitrogens with zero attached hydrogens (tertiary/aromatic N) is 2. The monoisotopic (exact) mass is 257 g/mol. The molecule has 0 aliphatic heterocycles. The molecule has 0 amide bonds. The Morgan fingerprint density at radius 2 is 2.05 bits per heavy atom. The van der Waals surface area contributed by atoms with Crippen LogP contribution >= 0.6 is 0 Å². The van der Waals surface area contributed by atoms with E-state index in [0.717, 1.165) is 30.3 Å². The molecule has 1 aliphatic carbocycles. The number of nitrogens with one attached hydrogen (secondary N) is 1. The first-order valence-electron chi connectivity index (χ1n) is 6.39. The zero-order valence-corrected chi connectivity index (χ0v) is 10.5. The van der Waals surface area contributed by atoms with E-state index < -0.39 is 11.4 Å². The van der Waals surface area contributed by atoms with E-state index in [1.165, 1.54) is 0 Å². The van der Waals surface area contributed by atoms with Gasteiger partial charge in [-0.1, -0.05) is 18.6 Å². The van der Waals surface area contributed by atoms with Gasteiger partial charge in [-0.2, -0.15) is 0 Å². The SMILES string of the molecule is O=C(O)C1(CNc2cnc3ccccc3n2)CCC1. The summed E-state index contributed by atoms with van der Waals surface area (Å²) in [4.78, 5) is 20.0. The standard InChI is InChI=1S/C14H15N3O2/c18-13(19)14(6-3-7-14)9-16-12-8-15-10-4-1-2-5-11(10)17-12/h1-2,4-5,8H,3,6-7,9H2,(H,16,17)(H,18,19). The average molecular weight is 257 g/mol. The van der Waals surface area contributed by atoms with Crippen molar-refractivity contribution in [3.05, 3.63) is 30.5 Å². The Morgan fingerprint density at radius 3 is 2.68 bits per heavy atom. The first-order valence-corrected chi connectivity index (χ1v) is 6.39. The van der Waals surface area contributed by atoms with Gasteiger partial charge in [-0.15, -0.1) is 0 Å². The van der Waals surface area contributed by atoms with E-state index in [4.69, 9.17) is 0 Å². The topological polar surface area (TPSA) is 75.1 Å². The van der Waals surface area contributed by atoms with Crippen LogP contribution < -0.4 is 5.32 Å². The summed E-state index contributed by atoms with van der Waals surface area (Å²) in [5, 5.41) is 12.4. The van der Waals surface area contributed by atoms with E-state index in [-0.39, 0.29) is 0 Å². The third kappa shape index (κ3) is 2.12. The Labute approximate surface area is 110 Å². The Bertz CT molecular complexity index is 623. The molecule has 1 saturated carbocycles. The summed E-state index contributed by atoms with van der Waals surface area (Å²) in [6.45, 7) is 0.412. The molecule has 1 heterocycles. The van der Waals surface area contributed by atoms with Crippen molar-refractivity contribution in [3.8, 4) is 0 Å². The molecule has 1 aromatic carbocycles. The summed E-state index contributed by atoms with van der Waals surface area (Å²) in [6, 6.07) is 7.62. The summed E-state index contributed by atoms with van der Waals surface area (Å²) < 4.78 is 0. The number of rotatable bonds is 4. The van der Waals surface area contributed by atoms with Crippen molar-refractivity contribution < 1.29 is 9.90 Å². The van der Waals surface area contributed by atoms with Crippen LogP contribution in [0.1, 0.15) is 19.3 Å². The highest BCUT2D eigenvalue weighted by Gasteiger charge is 2.44. The van der Waals surface area contributed by atoms with Gasteiger partial charge in [-0.05, 0) is 25.0 Å². The van der Waals surface area contributed by atoms with Crippen molar-refractivity contribution in [2.75, 3.05) is 11.9 Å². The predicted molar refractivity (Wildman–Crippen MR) is 71.9 cm³/mol. The van der Waals surface area contributed by atoms with Crippen molar-refractivity contribution in [1.82, 2.24) is 9.97 Å². The molecular formula is C14H15N3O2. The van der Waals surface area contributed by atoms with Crippen LogP contribution in [0.15, 0.2) is 30.5 Å². The maximum atomic E-state index is 11.3. The second-order valence-electron chi connectivity index (χ2n) is 5.04. The van der Waals surface area contributed by atoms with Gasteiger partial charge in [0.1, 0.15) is 5.82 Å². The third-order valence-corrected chi connectivity index (χ3v) is 3.82. The van der Waals surface area contributed by atoms with Crippen LogP contribution in [0.4, 0.5) is 5.82 Å². The van der Waals surface area contributed by atoms with Gasteiger partial charge in [-0.3, -0.25) is 9.78 Å². The second kappa shape index (κ2) is 4.50. The van der Waals surface area contributed by atoms with Crippen LogP contribution in [0.25, 0.3) is 11.0 Å². The van der Waals surface area contributed by atoms with E-state index in [1.807, 2.05) is 24.3 Å². The van der Waals surface area contributed by atoms with Gasteiger partial charge in [0.05, 0.1) is 22.6 Å². The molecule has 1 aliphatic rings. The molecule has 1 fully saturated rings. The van der Waals surface area contributed by atoms with E-state index in [2.05, 4.69) is 15.3 Å². The highest BCUT2D eigenvalue weighted by molar-refractivity contribution is 5.77. The number of aliphatic carboxylic acids is 1. The highest BCUT2D eigenvalue weighted by Crippen LogP contribution is 2.41. The summed E-state index contributed by atoms with van der Waals surface area (Å²) in [5.41, 5.74) is 1.03. The molecule has 98 valence electrons. The fourth-order valence-corrected chi connectivity index (χ4v) is 2.37. The Balaban J connectivity index is 1.76. The normalized spacial score (nSPS) is 16.8. The fourth-order valence-electron chi connectivity index (χ4n) is 2.37. The molecule has 2 N–H and O–H groups in total. The van der Waals surface area contributed by atoms with E-state index in [9.17, 15) is 9.90 Å². The molecule has 0 bridgehead atoms. The minimum Gasteiger partial charge on any atom is -0.481 e. The lowest BCUT2D eigenvalue weighted by Crippen LogP contribution is -2.43. The Kier molecular flexibility index (Phi) is 2.81. The molecule has 0 spiro atoms. The van der Waals surface area contributed by atoms with Gasteiger partial charge < -0.3 is 10.4 Å². The number of carbonyl (C=O) groups is 1. The molecule has 0 saturated heterocycles. The molecule has 0 unspecified atom stereocenters. The van der Waals surface area contributed by atoms with Crippen molar-refractivity contribution in [2.24, 2.45) is 5.41 Å². The minimum atomic E-state index is -0.722. The summed E-state index contributed by atoms with van der Waals surface area (Å²) >= 11 is 0. The molecule has 5 nitrogen and oxygen atoms in total. The van der Waals surface area contributed by atoms with Gasteiger partial charge in [-0.25, -0.2) is 4.98 Å². The minimum absolute atomic E-state index is 0.412. The average Bonchev–Trinajstić information content (AvgIpc) is 2.37. The van der Waals surface area contributed by atoms with Gasteiger partial charge >= 0.3 is 5.97 Å². The number of anilines is 1. The lowest BCUT2D eigenvalue weighted by Gasteiger charge is -2.37. The van der Waals surface area contributed by atoms with Crippen LogP contribution in [0.3, 0.4) is 0 Å². The second-order valence-corrected chi connectivity index (χ2v) is 5.04. The highest BCUT2D eigenvalue weighted by atomic mass is 16.4. The molecule has 2 aromatic rings. The molecule has 0 radical (unpaired) electrons. The molecule has 5 heteroatoms.